The van der Waals surface area contributed by atoms with Gasteiger partial charge in [-0.1, -0.05) is 46.5 Å². The van der Waals surface area contributed by atoms with Gasteiger partial charge in [0.05, 0.1) is 0 Å². The van der Waals surface area contributed by atoms with Crippen molar-refractivity contribution in [3.05, 3.63) is 0 Å². The van der Waals surface area contributed by atoms with E-state index in [2.05, 4.69) is 33.0 Å². The molecule has 0 aliphatic carbocycles. The predicted octanol–water partition coefficient (Wildman–Crippen LogP) is 3.59. The van der Waals surface area contributed by atoms with Crippen molar-refractivity contribution in [2.45, 2.75) is 65.8 Å². The lowest BCUT2D eigenvalue weighted by Gasteiger charge is -2.19. The van der Waals surface area contributed by atoms with Crippen LogP contribution in [-0.4, -0.2) is 12.6 Å². The maximum Gasteiger partial charge on any atom is 0.00642 e. The van der Waals surface area contributed by atoms with Crippen LogP contribution in [0.15, 0.2) is 0 Å². The molecule has 0 saturated heterocycles. The predicted molar refractivity (Wildman–Crippen MR) is 61.1 cm³/mol. The zero-order chi connectivity index (χ0) is 10.1. The molecular weight excluding hydrogens is 158 g/mol. The van der Waals surface area contributed by atoms with Gasteiger partial charge in [0.2, 0.25) is 0 Å². The Kier molecular flexibility index (Phi) is 8.53. The third-order valence-corrected chi connectivity index (χ3v) is 2.99. The summed E-state index contributed by atoms with van der Waals surface area (Å²) in [4.78, 5) is 0. The lowest BCUT2D eigenvalue weighted by Crippen LogP contribution is -2.32. The van der Waals surface area contributed by atoms with Gasteiger partial charge in [-0.3, -0.25) is 0 Å². The van der Waals surface area contributed by atoms with E-state index in [9.17, 15) is 0 Å². The fourth-order valence-corrected chi connectivity index (χ4v) is 1.44. The van der Waals surface area contributed by atoms with Crippen molar-refractivity contribution in [1.82, 2.24) is 5.32 Å². The van der Waals surface area contributed by atoms with E-state index >= 15 is 0 Å². The second kappa shape index (κ2) is 8.55. The lowest BCUT2D eigenvalue weighted by molar-refractivity contribution is 0.386. The Hall–Kier alpha value is -0.0400. The summed E-state index contributed by atoms with van der Waals surface area (Å²) in [6.07, 6.45) is 6.73. The Balaban J connectivity index is 3.21. The quantitative estimate of drug-likeness (QED) is 0.570. The standard InChI is InChI=1S/C12H27N/c1-5-7-8-9-10-13-12(4)11(3)6-2/h11-13H,5-10H2,1-4H3/t11-,12-/m0/s1. The highest BCUT2D eigenvalue weighted by Crippen LogP contribution is 2.06. The van der Waals surface area contributed by atoms with Crippen molar-refractivity contribution in [1.29, 1.82) is 0 Å². The van der Waals surface area contributed by atoms with Crippen molar-refractivity contribution in [3.8, 4) is 0 Å². The first-order valence-electron chi connectivity index (χ1n) is 5.95. The fraction of sp³-hybridized carbons (Fsp3) is 1.00. The molecule has 0 saturated carbocycles. The van der Waals surface area contributed by atoms with Crippen LogP contribution >= 0.6 is 0 Å². The lowest BCUT2D eigenvalue weighted by atomic mass is 10.0. The van der Waals surface area contributed by atoms with E-state index in [-0.39, 0.29) is 0 Å². The topological polar surface area (TPSA) is 12.0 Å². The molecule has 0 aliphatic rings. The average molecular weight is 185 g/mol. The molecular formula is C12H27N. The normalized spacial score (nSPS) is 15.7. The van der Waals surface area contributed by atoms with E-state index in [0.29, 0.717) is 6.04 Å². The number of rotatable bonds is 8. The van der Waals surface area contributed by atoms with Crippen LogP contribution in [0.5, 0.6) is 0 Å². The molecule has 80 valence electrons. The van der Waals surface area contributed by atoms with Crippen LogP contribution < -0.4 is 5.32 Å². The summed E-state index contributed by atoms with van der Waals surface area (Å²) in [6.45, 7) is 10.3. The molecule has 0 radical (unpaired) electrons. The van der Waals surface area contributed by atoms with Gasteiger partial charge in [-0.25, -0.2) is 0 Å². The molecule has 0 rings (SSSR count). The largest absolute Gasteiger partial charge is 0.314 e. The van der Waals surface area contributed by atoms with Crippen molar-refractivity contribution in [2.24, 2.45) is 5.92 Å². The van der Waals surface area contributed by atoms with Gasteiger partial charge < -0.3 is 5.32 Å². The molecule has 0 unspecified atom stereocenters. The Morgan fingerprint density at radius 1 is 1.00 bits per heavy atom. The van der Waals surface area contributed by atoms with Crippen LogP contribution in [0.1, 0.15) is 59.8 Å². The van der Waals surface area contributed by atoms with Gasteiger partial charge in [0.1, 0.15) is 0 Å². The highest BCUT2D eigenvalue weighted by molar-refractivity contribution is 4.66. The van der Waals surface area contributed by atoms with Crippen LogP contribution in [0, 0.1) is 5.92 Å². The van der Waals surface area contributed by atoms with Crippen LogP contribution in [0.25, 0.3) is 0 Å². The van der Waals surface area contributed by atoms with Gasteiger partial charge in [-0.05, 0) is 25.8 Å². The first kappa shape index (κ1) is 13.0. The van der Waals surface area contributed by atoms with E-state index in [4.69, 9.17) is 0 Å². The van der Waals surface area contributed by atoms with Gasteiger partial charge in [-0.2, -0.15) is 0 Å². The van der Waals surface area contributed by atoms with E-state index < -0.39 is 0 Å². The Morgan fingerprint density at radius 3 is 2.23 bits per heavy atom. The molecule has 1 heteroatoms. The second-order valence-corrected chi connectivity index (χ2v) is 4.19. The van der Waals surface area contributed by atoms with Crippen molar-refractivity contribution >= 4 is 0 Å². The Labute approximate surface area is 84.3 Å². The molecule has 0 bridgehead atoms. The Morgan fingerprint density at radius 2 is 1.69 bits per heavy atom. The summed E-state index contributed by atoms with van der Waals surface area (Å²) in [5, 5.41) is 3.59. The van der Waals surface area contributed by atoms with Crippen molar-refractivity contribution in [2.75, 3.05) is 6.54 Å². The monoisotopic (exact) mass is 185 g/mol. The molecule has 1 N–H and O–H groups in total. The van der Waals surface area contributed by atoms with E-state index in [0.717, 1.165) is 5.92 Å². The second-order valence-electron chi connectivity index (χ2n) is 4.19. The molecule has 0 heterocycles. The average Bonchev–Trinajstić information content (AvgIpc) is 2.16. The van der Waals surface area contributed by atoms with Crippen molar-refractivity contribution in [3.63, 3.8) is 0 Å². The van der Waals surface area contributed by atoms with E-state index in [1.807, 2.05) is 0 Å². The zero-order valence-corrected chi connectivity index (χ0v) is 9.90. The summed E-state index contributed by atoms with van der Waals surface area (Å²) in [5.74, 6) is 0.811. The summed E-state index contributed by atoms with van der Waals surface area (Å²) >= 11 is 0. The molecule has 0 amide bonds. The van der Waals surface area contributed by atoms with Crippen LogP contribution in [0.3, 0.4) is 0 Å². The molecule has 0 aromatic carbocycles. The van der Waals surface area contributed by atoms with Gasteiger partial charge in [0.25, 0.3) is 0 Å². The molecule has 0 aromatic rings. The van der Waals surface area contributed by atoms with Gasteiger partial charge in [0.15, 0.2) is 0 Å². The minimum Gasteiger partial charge on any atom is -0.314 e. The molecule has 1 nitrogen and oxygen atoms in total. The molecule has 13 heavy (non-hydrogen) atoms. The van der Waals surface area contributed by atoms with Crippen molar-refractivity contribution < 1.29 is 0 Å². The number of unbranched alkanes of at least 4 members (excludes halogenated alkanes) is 3. The van der Waals surface area contributed by atoms with Crippen LogP contribution in [0.4, 0.5) is 0 Å². The van der Waals surface area contributed by atoms with Gasteiger partial charge in [0, 0.05) is 6.04 Å². The minimum absolute atomic E-state index is 0.687. The summed E-state index contributed by atoms with van der Waals surface area (Å²) in [6, 6.07) is 0.687. The number of nitrogens with one attached hydrogen (secondary N) is 1. The van der Waals surface area contributed by atoms with Gasteiger partial charge >= 0.3 is 0 Å². The maximum absolute atomic E-state index is 3.59. The molecule has 0 aliphatic heterocycles. The summed E-state index contributed by atoms with van der Waals surface area (Å²) in [7, 11) is 0. The Bertz CT molecular complexity index is 101. The fourth-order valence-electron chi connectivity index (χ4n) is 1.44. The van der Waals surface area contributed by atoms with Crippen LogP contribution in [0.2, 0.25) is 0 Å². The number of hydrogen-bond donors (Lipinski definition) is 1. The molecule has 0 aromatic heterocycles. The van der Waals surface area contributed by atoms with Gasteiger partial charge in [-0.15, -0.1) is 0 Å². The number of hydrogen-bond acceptors (Lipinski definition) is 1. The third kappa shape index (κ3) is 7.06. The SMILES string of the molecule is CCCCCCN[C@@H](C)[C@@H](C)CC. The smallest absolute Gasteiger partial charge is 0.00642 e. The molecule has 0 fully saturated rings. The zero-order valence-electron chi connectivity index (χ0n) is 9.90. The highest BCUT2D eigenvalue weighted by Gasteiger charge is 2.07. The minimum atomic E-state index is 0.687. The highest BCUT2D eigenvalue weighted by atomic mass is 14.9. The maximum atomic E-state index is 3.59. The third-order valence-electron chi connectivity index (χ3n) is 2.99. The summed E-state index contributed by atoms with van der Waals surface area (Å²) in [5.41, 5.74) is 0. The summed E-state index contributed by atoms with van der Waals surface area (Å²) < 4.78 is 0. The van der Waals surface area contributed by atoms with E-state index in [1.165, 1.54) is 38.6 Å². The first-order valence-corrected chi connectivity index (χ1v) is 5.95. The molecule has 0 spiro atoms. The first-order chi connectivity index (χ1) is 6.22. The molecule has 2 atom stereocenters. The van der Waals surface area contributed by atoms with Crippen LogP contribution in [-0.2, 0) is 0 Å². The van der Waals surface area contributed by atoms with E-state index in [1.54, 1.807) is 0 Å².